The Morgan fingerprint density at radius 3 is 1.31 bits per heavy atom. The van der Waals surface area contributed by atoms with Crippen LogP contribution in [-0.4, -0.2) is 55.7 Å². The Labute approximate surface area is 391 Å². The van der Waals surface area contributed by atoms with Gasteiger partial charge < -0.3 is 19.3 Å². The van der Waals surface area contributed by atoms with Crippen molar-refractivity contribution < 1.29 is 35.1 Å². The minimum atomic E-state index is -3.56. The monoisotopic (exact) mass is 1070 g/mol. The van der Waals surface area contributed by atoms with Gasteiger partial charge in [-0.2, -0.15) is 0 Å². The fourth-order valence-corrected chi connectivity index (χ4v) is 14.3. The lowest BCUT2D eigenvalue weighted by molar-refractivity contribution is 0.270. The Morgan fingerprint density at radius 1 is 0.597 bits per heavy atom. The molecular formula is C48H62BrF2IN2O6S2. The molecule has 0 aromatic heterocycles. The van der Waals surface area contributed by atoms with E-state index in [-0.39, 0.29) is 38.9 Å². The van der Waals surface area contributed by atoms with Crippen LogP contribution in [-0.2, 0) is 19.7 Å². The lowest BCUT2D eigenvalue weighted by atomic mass is 9.79. The van der Waals surface area contributed by atoms with Crippen molar-refractivity contribution in [3.63, 3.8) is 0 Å². The predicted molar refractivity (Wildman–Crippen MR) is 260 cm³/mol. The fraction of sp³-hybridized carbons (Fsp3) is 0.500. The highest BCUT2D eigenvalue weighted by atomic mass is 127. The molecule has 340 valence electrons. The number of hydrogen-bond acceptors (Lipinski definition) is 8. The molecule has 0 saturated carbocycles. The summed E-state index contributed by atoms with van der Waals surface area (Å²) in [7, 11) is -4.02. The van der Waals surface area contributed by atoms with Crippen LogP contribution < -0.4 is 19.3 Å². The van der Waals surface area contributed by atoms with Crippen LogP contribution in [0.15, 0.2) is 87.1 Å². The first-order valence-corrected chi connectivity index (χ1v) is 26.9. The first kappa shape index (κ1) is 50.1. The molecule has 2 aliphatic rings. The molecular weight excluding hydrogens is 1010 g/mol. The van der Waals surface area contributed by atoms with E-state index in [1.165, 1.54) is 31.4 Å². The van der Waals surface area contributed by atoms with E-state index in [4.69, 9.17) is 9.47 Å². The van der Waals surface area contributed by atoms with E-state index in [0.29, 0.717) is 45.3 Å². The highest BCUT2D eigenvalue weighted by Crippen LogP contribution is 2.49. The highest BCUT2D eigenvalue weighted by Gasteiger charge is 2.44. The summed E-state index contributed by atoms with van der Waals surface area (Å²) in [5.74, 6) is 0.640. The van der Waals surface area contributed by atoms with Crippen LogP contribution in [0.2, 0.25) is 0 Å². The molecule has 62 heavy (non-hydrogen) atoms. The average molecular weight is 1070 g/mol. The van der Waals surface area contributed by atoms with E-state index in [1.54, 1.807) is 43.5 Å². The summed E-state index contributed by atoms with van der Waals surface area (Å²) in [5.41, 5.74) is 2.10. The van der Waals surface area contributed by atoms with Crippen LogP contribution in [0.25, 0.3) is 0 Å². The second kappa shape index (κ2) is 21.8. The van der Waals surface area contributed by atoms with Crippen LogP contribution in [0.3, 0.4) is 0 Å². The fourth-order valence-electron chi connectivity index (χ4n) is 8.94. The van der Waals surface area contributed by atoms with Crippen LogP contribution in [0.5, 0.6) is 11.5 Å². The maximum atomic E-state index is 13.7. The number of fused-ring (bicyclic) bond motifs is 2. The Balaban J connectivity index is 0.000000234. The largest absolute Gasteiger partial charge is 0.496 e. The van der Waals surface area contributed by atoms with Crippen molar-refractivity contribution in [2.75, 3.05) is 48.6 Å². The summed E-state index contributed by atoms with van der Waals surface area (Å²) < 4.78 is 94.5. The number of benzene rings is 4. The standard InChI is InChI=1S/C24H31BrFNO3S.C24H31FINO3S/c1-4-6-12-24(13-7-5-2)16-27(19-10-8-18(26)9-11-19)21-14-20(25)22(30-3)15-23(21)31(28,29)17-24;1-4-6-12-24(13-7-5-2)16-27(19-10-8-18(25)9-11-19)21-14-20(26)22(30-3)15-23(21)31(28,29)17-24/h2*8-11,14-15H,4-7,12-13,16-17H2,1-3H3. The number of halogens is 4. The zero-order chi connectivity index (χ0) is 45.3. The lowest BCUT2D eigenvalue weighted by Crippen LogP contribution is -2.38. The molecule has 0 radical (unpaired) electrons. The lowest BCUT2D eigenvalue weighted by Gasteiger charge is -2.37. The molecule has 8 nitrogen and oxygen atoms in total. The first-order valence-electron chi connectivity index (χ1n) is 21.8. The first-order chi connectivity index (χ1) is 29.5. The van der Waals surface area contributed by atoms with Crippen LogP contribution in [0.4, 0.5) is 31.5 Å². The topological polar surface area (TPSA) is 93.2 Å². The maximum Gasteiger partial charge on any atom is 0.181 e. The third kappa shape index (κ3) is 11.8. The molecule has 2 heterocycles. The van der Waals surface area contributed by atoms with Crippen LogP contribution in [0.1, 0.15) is 105 Å². The molecule has 4 aromatic carbocycles. The summed E-state index contributed by atoms with van der Waals surface area (Å²) >= 11 is 5.69. The van der Waals surface area contributed by atoms with E-state index in [0.717, 1.165) is 92.0 Å². The smallest absolute Gasteiger partial charge is 0.181 e. The Morgan fingerprint density at radius 2 is 0.952 bits per heavy atom. The minimum Gasteiger partial charge on any atom is -0.496 e. The summed E-state index contributed by atoms with van der Waals surface area (Å²) in [5, 5.41) is 0. The number of sulfone groups is 2. The van der Waals surface area contributed by atoms with E-state index in [9.17, 15) is 25.6 Å². The number of nitrogens with zero attached hydrogens (tertiary/aromatic N) is 2. The summed E-state index contributed by atoms with van der Waals surface area (Å²) in [6.45, 7) is 9.70. The normalized spacial score (nSPS) is 17.1. The van der Waals surface area contributed by atoms with Gasteiger partial charge in [0.15, 0.2) is 19.7 Å². The van der Waals surface area contributed by atoms with E-state index in [2.05, 4.69) is 76.0 Å². The van der Waals surface area contributed by atoms with Crippen molar-refractivity contribution in [1.29, 1.82) is 0 Å². The van der Waals surface area contributed by atoms with Gasteiger partial charge >= 0.3 is 0 Å². The number of ether oxygens (including phenoxy) is 2. The molecule has 0 aliphatic carbocycles. The second-order valence-corrected chi connectivity index (χ2v) is 22.9. The maximum absolute atomic E-state index is 13.7. The van der Waals surface area contributed by atoms with Crippen molar-refractivity contribution in [2.45, 2.75) is 115 Å². The zero-order valence-electron chi connectivity index (χ0n) is 36.9. The number of methoxy groups -OCH3 is 2. The van der Waals surface area contributed by atoms with Crippen molar-refractivity contribution in [1.82, 2.24) is 0 Å². The molecule has 0 amide bonds. The Kier molecular flexibility index (Phi) is 17.6. The van der Waals surface area contributed by atoms with Crippen molar-refractivity contribution >= 4 is 80.9 Å². The summed E-state index contributed by atoms with van der Waals surface area (Å²) in [6, 6.07) is 19.6. The Hall–Kier alpha value is -2.95. The molecule has 14 heteroatoms. The number of hydrogen-bond donors (Lipinski definition) is 0. The van der Waals surface area contributed by atoms with Crippen LogP contribution in [0, 0.1) is 26.0 Å². The van der Waals surface area contributed by atoms with Gasteiger partial charge in [-0.05, 0) is 125 Å². The van der Waals surface area contributed by atoms with Gasteiger partial charge in [0.1, 0.15) is 23.1 Å². The number of unbranched alkanes of at least 4 members (excludes halogenated alkanes) is 4. The molecule has 0 fully saturated rings. The Bertz CT molecular complexity index is 2170. The van der Waals surface area contributed by atoms with E-state index >= 15 is 0 Å². The SMILES string of the molecule is CCCCC1(CCCC)CN(c2ccc(F)cc2)c2cc(Br)c(OC)cc2S(=O)(=O)C1.CCCCC1(CCCC)CN(c2ccc(F)cc2)c2cc(I)c(OC)cc2S(=O)(=O)C1. The van der Waals surface area contributed by atoms with Gasteiger partial charge in [-0.3, -0.25) is 0 Å². The van der Waals surface area contributed by atoms with Gasteiger partial charge in [-0.25, -0.2) is 25.6 Å². The molecule has 0 saturated heterocycles. The number of rotatable bonds is 16. The molecule has 6 rings (SSSR count). The van der Waals surface area contributed by atoms with Gasteiger partial charge in [0.2, 0.25) is 0 Å². The quantitative estimate of drug-likeness (QED) is 0.102. The third-order valence-electron chi connectivity index (χ3n) is 12.2. The number of anilines is 4. The minimum absolute atomic E-state index is 0.107. The van der Waals surface area contributed by atoms with Crippen molar-refractivity contribution in [3.8, 4) is 11.5 Å². The molecule has 0 atom stereocenters. The molecule has 2 aliphatic heterocycles. The summed E-state index contributed by atoms with van der Waals surface area (Å²) in [4.78, 5) is 4.69. The van der Waals surface area contributed by atoms with Crippen molar-refractivity contribution in [3.05, 3.63) is 92.5 Å². The van der Waals surface area contributed by atoms with Crippen LogP contribution >= 0.6 is 38.5 Å². The molecule has 0 N–H and O–H groups in total. The highest BCUT2D eigenvalue weighted by molar-refractivity contribution is 14.1. The van der Waals surface area contributed by atoms with Gasteiger partial charge in [-0.15, -0.1) is 0 Å². The van der Waals surface area contributed by atoms with Gasteiger partial charge in [0, 0.05) is 47.4 Å². The van der Waals surface area contributed by atoms with Gasteiger partial charge in [-0.1, -0.05) is 79.1 Å². The molecule has 0 spiro atoms. The molecule has 0 bridgehead atoms. The predicted octanol–water partition coefficient (Wildman–Crippen LogP) is 13.6. The average Bonchev–Trinajstić information content (AvgIpc) is 3.40. The zero-order valence-corrected chi connectivity index (χ0v) is 42.3. The van der Waals surface area contributed by atoms with Gasteiger partial charge in [0.05, 0.1) is 54.9 Å². The van der Waals surface area contributed by atoms with E-state index < -0.39 is 19.7 Å². The molecule has 4 aromatic rings. The van der Waals surface area contributed by atoms with Crippen molar-refractivity contribution in [2.24, 2.45) is 10.8 Å². The molecule has 0 unspecified atom stereocenters. The van der Waals surface area contributed by atoms with Gasteiger partial charge in [0.25, 0.3) is 0 Å². The van der Waals surface area contributed by atoms with E-state index in [1.807, 2.05) is 12.1 Å². The third-order valence-corrected chi connectivity index (χ3v) is 17.7. The summed E-state index contributed by atoms with van der Waals surface area (Å²) in [6.07, 6.45) is 11.3. The second-order valence-electron chi connectivity index (χ2n) is 17.0.